The van der Waals surface area contributed by atoms with E-state index in [1.807, 2.05) is 42.1 Å². The van der Waals surface area contributed by atoms with Crippen molar-refractivity contribution < 1.29 is 0 Å². The van der Waals surface area contributed by atoms with Crippen molar-refractivity contribution in [2.24, 2.45) is 0 Å². The van der Waals surface area contributed by atoms with Crippen molar-refractivity contribution in [2.75, 3.05) is 12.8 Å². The number of benzene rings is 1. The number of nitrogen functional groups attached to an aromatic ring is 1. The van der Waals surface area contributed by atoms with Gasteiger partial charge in [0.1, 0.15) is 5.82 Å². The third-order valence-electron chi connectivity index (χ3n) is 2.22. The summed E-state index contributed by atoms with van der Waals surface area (Å²) in [5.41, 5.74) is 7.49. The van der Waals surface area contributed by atoms with Gasteiger partial charge in [0, 0.05) is 23.8 Å². The Bertz CT molecular complexity index is 430. The zero-order valence-electron chi connectivity index (χ0n) is 8.64. The van der Waals surface area contributed by atoms with E-state index in [1.54, 1.807) is 6.20 Å². The molecule has 0 bridgehead atoms. The number of nitrogens with zero attached hydrogens (tertiary/aromatic N) is 2. The summed E-state index contributed by atoms with van der Waals surface area (Å²) in [6, 6.07) is 7.74. The highest BCUT2D eigenvalue weighted by atomic mass is 15.1. The van der Waals surface area contributed by atoms with Crippen LogP contribution in [0.3, 0.4) is 0 Å². The van der Waals surface area contributed by atoms with Crippen LogP contribution in [0.25, 0.3) is 5.69 Å². The molecule has 0 saturated carbocycles. The summed E-state index contributed by atoms with van der Waals surface area (Å²) in [6.07, 6.45) is 3.74. The number of anilines is 1. The van der Waals surface area contributed by atoms with E-state index in [0.29, 0.717) is 0 Å². The van der Waals surface area contributed by atoms with E-state index in [-0.39, 0.29) is 0 Å². The Morgan fingerprint density at radius 3 is 2.73 bits per heavy atom. The van der Waals surface area contributed by atoms with Gasteiger partial charge < -0.3 is 15.6 Å². The van der Waals surface area contributed by atoms with E-state index < -0.39 is 0 Å². The van der Waals surface area contributed by atoms with Gasteiger partial charge in [0.2, 0.25) is 0 Å². The van der Waals surface area contributed by atoms with Crippen LogP contribution in [0, 0.1) is 0 Å². The van der Waals surface area contributed by atoms with Gasteiger partial charge in [-0.1, -0.05) is 0 Å². The standard InChI is InChI=1S/C11H14N4/c1-13-8-11-14-6-7-15(11)10-4-2-9(12)3-5-10/h2-7,13H,8,12H2,1H3. The van der Waals surface area contributed by atoms with E-state index in [4.69, 9.17) is 5.73 Å². The molecule has 15 heavy (non-hydrogen) atoms. The first-order valence-electron chi connectivity index (χ1n) is 4.84. The Morgan fingerprint density at radius 2 is 2.07 bits per heavy atom. The molecule has 0 spiro atoms. The van der Waals surface area contributed by atoms with Crippen LogP contribution in [0.15, 0.2) is 36.7 Å². The molecule has 4 heteroatoms. The summed E-state index contributed by atoms with van der Waals surface area (Å²) < 4.78 is 2.04. The topological polar surface area (TPSA) is 55.9 Å². The van der Waals surface area contributed by atoms with Gasteiger partial charge in [-0.05, 0) is 31.3 Å². The highest BCUT2D eigenvalue weighted by molar-refractivity contribution is 5.45. The molecule has 4 nitrogen and oxygen atoms in total. The predicted molar refractivity (Wildman–Crippen MR) is 60.7 cm³/mol. The number of hydrogen-bond donors (Lipinski definition) is 2. The average Bonchev–Trinajstić information content (AvgIpc) is 2.68. The van der Waals surface area contributed by atoms with Crippen LogP contribution in [0.4, 0.5) is 5.69 Å². The first-order chi connectivity index (χ1) is 7.31. The van der Waals surface area contributed by atoms with Crippen LogP contribution < -0.4 is 11.1 Å². The number of imidazole rings is 1. The van der Waals surface area contributed by atoms with Gasteiger partial charge in [-0.3, -0.25) is 0 Å². The van der Waals surface area contributed by atoms with Gasteiger partial charge in [-0.25, -0.2) is 4.98 Å². The van der Waals surface area contributed by atoms with E-state index in [2.05, 4.69) is 10.3 Å². The molecule has 0 unspecified atom stereocenters. The third kappa shape index (κ3) is 1.99. The molecule has 0 amide bonds. The molecule has 0 atom stereocenters. The van der Waals surface area contributed by atoms with Crippen molar-refractivity contribution in [3.8, 4) is 5.69 Å². The Labute approximate surface area is 88.7 Å². The van der Waals surface area contributed by atoms with Crippen LogP contribution in [-0.2, 0) is 6.54 Å². The Hall–Kier alpha value is -1.81. The van der Waals surface area contributed by atoms with Gasteiger partial charge in [-0.15, -0.1) is 0 Å². The summed E-state index contributed by atoms with van der Waals surface area (Å²) in [7, 11) is 1.90. The van der Waals surface area contributed by atoms with Crippen LogP contribution in [0.2, 0.25) is 0 Å². The molecule has 0 radical (unpaired) electrons. The van der Waals surface area contributed by atoms with Crippen molar-refractivity contribution in [3.63, 3.8) is 0 Å². The highest BCUT2D eigenvalue weighted by Gasteiger charge is 2.02. The molecule has 2 aromatic rings. The fraction of sp³-hybridized carbons (Fsp3) is 0.182. The normalized spacial score (nSPS) is 10.5. The highest BCUT2D eigenvalue weighted by Crippen LogP contribution is 2.12. The van der Waals surface area contributed by atoms with Gasteiger partial charge >= 0.3 is 0 Å². The second kappa shape index (κ2) is 4.14. The summed E-state index contributed by atoms with van der Waals surface area (Å²) in [4.78, 5) is 4.27. The molecule has 0 aliphatic rings. The van der Waals surface area contributed by atoms with Gasteiger partial charge in [0.15, 0.2) is 0 Å². The van der Waals surface area contributed by atoms with Crippen molar-refractivity contribution in [1.82, 2.24) is 14.9 Å². The monoisotopic (exact) mass is 202 g/mol. The lowest BCUT2D eigenvalue weighted by Gasteiger charge is -2.07. The van der Waals surface area contributed by atoms with Crippen LogP contribution in [0.5, 0.6) is 0 Å². The molecule has 78 valence electrons. The fourth-order valence-corrected chi connectivity index (χ4v) is 1.49. The number of aromatic nitrogens is 2. The molecule has 0 aliphatic heterocycles. The molecular weight excluding hydrogens is 188 g/mol. The second-order valence-electron chi connectivity index (χ2n) is 3.34. The molecule has 1 heterocycles. The summed E-state index contributed by atoms with van der Waals surface area (Å²) in [5, 5.41) is 3.08. The number of nitrogens with one attached hydrogen (secondary N) is 1. The minimum absolute atomic E-state index is 0.747. The van der Waals surface area contributed by atoms with E-state index in [1.165, 1.54) is 0 Å². The minimum atomic E-state index is 0.747. The van der Waals surface area contributed by atoms with Crippen LogP contribution >= 0.6 is 0 Å². The van der Waals surface area contributed by atoms with E-state index >= 15 is 0 Å². The van der Waals surface area contributed by atoms with Crippen LogP contribution in [-0.4, -0.2) is 16.6 Å². The maximum atomic E-state index is 5.64. The smallest absolute Gasteiger partial charge is 0.127 e. The maximum absolute atomic E-state index is 5.64. The Morgan fingerprint density at radius 1 is 1.33 bits per heavy atom. The lowest BCUT2D eigenvalue weighted by Crippen LogP contribution is -2.11. The summed E-state index contributed by atoms with van der Waals surface area (Å²) in [6.45, 7) is 0.747. The van der Waals surface area contributed by atoms with E-state index in [0.717, 1.165) is 23.7 Å². The minimum Gasteiger partial charge on any atom is -0.399 e. The second-order valence-corrected chi connectivity index (χ2v) is 3.34. The van der Waals surface area contributed by atoms with Crippen LogP contribution in [0.1, 0.15) is 5.82 Å². The number of hydrogen-bond acceptors (Lipinski definition) is 3. The van der Waals surface area contributed by atoms with E-state index in [9.17, 15) is 0 Å². The number of rotatable bonds is 3. The summed E-state index contributed by atoms with van der Waals surface area (Å²) >= 11 is 0. The average molecular weight is 202 g/mol. The zero-order chi connectivity index (χ0) is 10.7. The maximum Gasteiger partial charge on any atom is 0.127 e. The largest absolute Gasteiger partial charge is 0.399 e. The first-order valence-corrected chi connectivity index (χ1v) is 4.84. The Kier molecular flexibility index (Phi) is 2.69. The Balaban J connectivity index is 2.36. The van der Waals surface area contributed by atoms with Gasteiger partial charge in [0.05, 0.1) is 6.54 Å². The predicted octanol–water partition coefficient (Wildman–Crippen LogP) is 1.17. The molecule has 2 rings (SSSR count). The molecule has 3 N–H and O–H groups in total. The van der Waals surface area contributed by atoms with Gasteiger partial charge in [-0.2, -0.15) is 0 Å². The van der Waals surface area contributed by atoms with Crippen molar-refractivity contribution >= 4 is 5.69 Å². The molecule has 1 aromatic heterocycles. The molecule has 1 aromatic carbocycles. The van der Waals surface area contributed by atoms with Crippen molar-refractivity contribution in [1.29, 1.82) is 0 Å². The molecule has 0 saturated heterocycles. The molecular formula is C11H14N4. The quantitative estimate of drug-likeness (QED) is 0.735. The lowest BCUT2D eigenvalue weighted by atomic mass is 10.3. The SMILES string of the molecule is CNCc1nccn1-c1ccc(N)cc1. The van der Waals surface area contributed by atoms with Gasteiger partial charge in [0.25, 0.3) is 0 Å². The molecule has 0 fully saturated rings. The third-order valence-corrected chi connectivity index (χ3v) is 2.22. The number of nitrogens with two attached hydrogens (primary N) is 1. The first kappa shape index (κ1) is 9.73. The van der Waals surface area contributed by atoms with Crippen molar-refractivity contribution in [3.05, 3.63) is 42.5 Å². The fourth-order valence-electron chi connectivity index (χ4n) is 1.49. The van der Waals surface area contributed by atoms with Crippen molar-refractivity contribution in [2.45, 2.75) is 6.54 Å². The zero-order valence-corrected chi connectivity index (χ0v) is 8.64. The molecule has 0 aliphatic carbocycles. The lowest BCUT2D eigenvalue weighted by molar-refractivity contribution is 0.742. The summed E-state index contributed by atoms with van der Waals surface area (Å²) in [5.74, 6) is 0.988.